The average Bonchev–Trinajstić information content (AvgIpc) is 2.85. The van der Waals surface area contributed by atoms with Gasteiger partial charge in [0.15, 0.2) is 0 Å². The number of nitrogens with zero attached hydrogens (tertiary/aromatic N) is 3. The topological polar surface area (TPSA) is 95.0 Å². The van der Waals surface area contributed by atoms with Gasteiger partial charge in [-0.2, -0.15) is 0 Å². The Hall–Kier alpha value is -3.40. The van der Waals surface area contributed by atoms with Crippen molar-refractivity contribution in [1.29, 1.82) is 0 Å². The third kappa shape index (κ3) is 4.66. The van der Waals surface area contributed by atoms with Crippen LogP contribution in [0, 0.1) is 5.82 Å². The number of aromatic nitrogens is 1. The molecule has 2 N–H and O–H groups in total. The van der Waals surface area contributed by atoms with Crippen LogP contribution in [0.5, 0.6) is 0 Å². The number of β-amino-alcohol motifs (C(OH)–C–C–N with tert-alkyl or cyclic N) is 1. The molecule has 1 aromatic heterocycles. The number of hydrogen-bond donors (Lipinski definition) is 2. The van der Waals surface area contributed by atoms with Crippen LogP contribution >= 0.6 is 0 Å². The first-order valence-corrected chi connectivity index (χ1v) is 13.1. The third-order valence-corrected chi connectivity index (χ3v) is 8.08. The largest absolute Gasteiger partial charge is 0.388 e. The van der Waals surface area contributed by atoms with Gasteiger partial charge >= 0.3 is 6.03 Å². The van der Waals surface area contributed by atoms with Crippen LogP contribution in [0.3, 0.4) is 0 Å². The molecule has 3 amide bonds. The van der Waals surface area contributed by atoms with E-state index in [1.54, 1.807) is 25.1 Å². The van der Waals surface area contributed by atoms with Crippen molar-refractivity contribution in [1.82, 2.24) is 15.2 Å². The zero-order chi connectivity index (χ0) is 26.4. The molecule has 3 aliphatic heterocycles. The van der Waals surface area contributed by atoms with Crippen molar-refractivity contribution in [2.75, 3.05) is 37.7 Å². The molecule has 0 saturated carbocycles. The molecule has 3 saturated heterocycles. The Kier molecular flexibility index (Phi) is 6.37. The lowest BCUT2D eigenvalue weighted by atomic mass is 9.77. The molecule has 8 nitrogen and oxygen atoms in total. The molecule has 3 fully saturated rings. The second kappa shape index (κ2) is 9.72. The van der Waals surface area contributed by atoms with Crippen molar-refractivity contribution in [2.24, 2.45) is 0 Å². The van der Waals surface area contributed by atoms with E-state index in [1.165, 1.54) is 22.2 Å². The first-order chi connectivity index (χ1) is 18.3. The maximum Gasteiger partial charge on any atom is 0.328 e. The third-order valence-electron chi connectivity index (χ3n) is 8.08. The van der Waals surface area contributed by atoms with E-state index in [4.69, 9.17) is 4.74 Å². The predicted octanol–water partition coefficient (Wildman–Crippen LogP) is 3.67. The predicted molar refractivity (Wildman–Crippen MR) is 140 cm³/mol. The number of urea groups is 1. The fraction of sp³-hybridized carbons (Fsp3) is 0.414. The number of pyridine rings is 1. The summed E-state index contributed by atoms with van der Waals surface area (Å²) in [6.07, 6.45) is 2.29. The minimum absolute atomic E-state index is 0.174. The number of benzene rings is 2. The lowest BCUT2D eigenvalue weighted by molar-refractivity contribution is -0.120. The molecule has 198 valence electrons. The van der Waals surface area contributed by atoms with Gasteiger partial charge in [-0.3, -0.25) is 24.9 Å². The molecule has 0 aliphatic carbocycles. The van der Waals surface area contributed by atoms with Crippen molar-refractivity contribution in [3.8, 4) is 0 Å². The van der Waals surface area contributed by atoms with Gasteiger partial charge in [0.05, 0.1) is 36.2 Å². The quantitative estimate of drug-likeness (QED) is 0.535. The standard InChI is InChI=1S/C29H31FN4O4/c1-29(37)17-33(14-18-2-4-19(5-3-18)20-15-38-16-20)10-8-24(29)22-6-7-25-23(27(22)30)12-21(13-31-25)34-11-9-26(35)32-28(34)36/h2-7,12-13,20,24,37H,8-11,14-17H2,1H3,(H,32,35,36). The second-order valence-corrected chi connectivity index (χ2v) is 10.9. The van der Waals surface area contributed by atoms with E-state index >= 15 is 4.39 Å². The maximum absolute atomic E-state index is 15.9. The highest BCUT2D eigenvalue weighted by Crippen LogP contribution is 2.39. The van der Waals surface area contributed by atoms with Gasteiger partial charge in [0.25, 0.3) is 0 Å². The molecule has 2 unspecified atom stereocenters. The van der Waals surface area contributed by atoms with Crippen LogP contribution in [-0.4, -0.2) is 65.4 Å². The number of hydrogen-bond acceptors (Lipinski definition) is 6. The van der Waals surface area contributed by atoms with Crippen LogP contribution in [-0.2, 0) is 16.1 Å². The summed E-state index contributed by atoms with van der Waals surface area (Å²) in [6.45, 7) is 5.43. The number of carbonyl (C=O) groups is 2. The molecule has 6 rings (SSSR count). The molecular formula is C29H31FN4O4. The Morgan fingerprint density at radius 2 is 1.95 bits per heavy atom. The van der Waals surface area contributed by atoms with Gasteiger partial charge < -0.3 is 9.84 Å². The summed E-state index contributed by atoms with van der Waals surface area (Å²) in [4.78, 5) is 31.7. The number of anilines is 1. The molecule has 0 bridgehead atoms. The highest BCUT2D eigenvalue weighted by molar-refractivity contribution is 6.06. The summed E-state index contributed by atoms with van der Waals surface area (Å²) in [7, 11) is 0. The number of halogens is 1. The number of aliphatic hydroxyl groups is 1. The second-order valence-electron chi connectivity index (χ2n) is 10.9. The number of rotatable bonds is 5. The number of fused-ring (bicyclic) bond motifs is 1. The normalized spacial score (nSPS) is 24.9. The Balaban J connectivity index is 1.20. The maximum atomic E-state index is 15.9. The molecule has 3 aliphatic rings. The van der Waals surface area contributed by atoms with E-state index < -0.39 is 17.4 Å². The number of imide groups is 1. The molecular weight excluding hydrogens is 487 g/mol. The van der Waals surface area contributed by atoms with Crippen molar-refractivity contribution >= 4 is 28.5 Å². The van der Waals surface area contributed by atoms with Gasteiger partial charge in [-0.05, 0) is 48.7 Å². The molecule has 0 radical (unpaired) electrons. The SMILES string of the molecule is CC1(O)CN(Cc2ccc(C3COC3)cc2)CCC1c1ccc2ncc(N3CCC(=O)NC3=O)cc2c1F. The van der Waals surface area contributed by atoms with Gasteiger partial charge in [-0.1, -0.05) is 30.3 Å². The molecule has 3 aromatic rings. The van der Waals surface area contributed by atoms with Crippen molar-refractivity contribution < 1.29 is 23.8 Å². The van der Waals surface area contributed by atoms with E-state index in [0.717, 1.165) is 26.3 Å². The lowest BCUT2D eigenvalue weighted by Gasteiger charge is -2.43. The first kappa shape index (κ1) is 24.9. The van der Waals surface area contributed by atoms with E-state index in [2.05, 4.69) is 39.5 Å². The van der Waals surface area contributed by atoms with Crippen LogP contribution in [0.4, 0.5) is 14.9 Å². The smallest absolute Gasteiger partial charge is 0.328 e. The van der Waals surface area contributed by atoms with Crippen LogP contribution in [0.2, 0.25) is 0 Å². The molecule has 9 heteroatoms. The minimum atomic E-state index is -1.13. The number of amides is 3. The zero-order valence-electron chi connectivity index (χ0n) is 21.3. The number of carbonyl (C=O) groups excluding carboxylic acids is 2. The molecule has 4 heterocycles. The summed E-state index contributed by atoms with van der Waals surface area (Å²) in [6, 6.07) is 13.1. The summed E-state index contributed by atoms with van der Waals surface area (Å²) in [5.41, 5.74) is 2.69. The first-order valence-electron chi connectivity index (χ1n) is 13.1. The van der Waals surface area contributed by atoms with Crippen LogP contribution in [0.25, 0.3) is 10.9 Å². The molecule has 0 spiro atoms. The Morgan fingerprint density at radius 1 is 1.16 bits per heavy atom. The van der Waals surface area contributed by atoms with Crippen LogP contribution in [0.15, 0.2) is 48.7 Å². The average molecular weight is 519 g/mol. The molecule has 2 atom stereocenters. The number of likely N-dealkylation sites (tertiary alicyclic amines) is 1. The Labute approximate surface area is 220 Å². The number of ether oxygens (including phenoxy) is 1. The molecule has 38 heavy (non-hydrogen) atoms. The monoisotopic (exact) mass is 518 g/mol. The van der Waals surface area contributed by atoms with Crippen LogP contribution < -0.4 is 10.2 Å². The van der Waals surface area contributed by atoms with E-state index in [9.17, 15) is 14.7 Å². The zero-order valence-corrected chi connectivity index (χ0v) is 21.3. The van der Waals surface area contributed by atoms with Crippen molar-refractivity contribution in [3.63, 3.8) is 0 Å². The van der Waals surface area contributed by atoms with E-state index in [0.29, 0.717) is 41.0 Å². The van der Waals surface area contributed by atoms with Gasteiger partial charge in [0.2, 0.25) is 5.91 Å². The fourth-order valence-corrected chi connectivity index (χ4v) is 5.87. The summed E-state index contributed by atoms with van der Waals surface area (Å²) in [5, 5.41) is 14.1. The van der Waals surface area contributed by atoms with Crippen LogP contribution in [0.1, 0.15) is 48.3 Å². The van der Waals surface area contributed by atoms with Gasteiger partial charge in [-0.15, -0.1) is 0 Å². The summed E-state index contributed by atoms with van der Waals surface area (Å²) < 4.78 is 21.2. The lowest BCUT2D eigenvalue weighted by Crippen LogP contribution is -2.50. The number of piperidine rings is 1. The van der Waals surface area contributed by atoms with E-state index in [1.807, 2.05) is 0 Å². The summed E-state index contributed by atoms with van der Waals surface area (Å²) in [5.74, 6) is -0.656. The van der Waals surface area contributed by atoms with Gasteiger partial charge in [0.1, 0.15) is 5.82 Å². The van der Waals surface area contributed by atoms with Crippen molar-refractivity contribution in [3.05, 3.63) is 71.2 Å². The Morgan fingerprint density at radius 3 is 2.63 bits per heavy atom. The number of nitrogens with one attached hydrogen (secondary N) is 1. The van der Waals surface area contributed by atoms with Gasteiger partial charge in [0, 0.05) is 43.3 Å². The van der Waals surface area contributed by atoms with E-state index in [-0.39, 0.29) is 24.8 Å². The summed E-state index contributed by atoms with van der Waals surface area (Å²) >= 11 is 0. The highest BCUT2D eigenvalue weighted by Gasteiger charge is 2.40. The fourth-order valence-electron chi connectivity index (χ4n) is 5.87. The molecule has 2 aromatic carbocycles. The van der Waals surface area contributed by atoms with Gasteiger partial charge in [-0.25, -0.2) is 9.18 Å². The van der Waals surface area contributed by atoms with Crippen molar-refractivity contribution in [2.45, 2.75) is 43.7 Å². The Bertz CT molecular complexity index is 1390. The highest BCUT2D eigenvalue weighted by atomic mass is 19.1. The minimum Gasteiger partial charge on any atom is -0.388 e.